The molecular formula is C5H10O2S. The van der Waals surface area contributed by atoms with Crippen LogP contribution >= 0.6 is 12.2 Å². The molecule has 0 N–H and O–H groups in total. The molecule has 2 nitrogen and oxygen atoms in total. The molecule has 0 aliphatic heterocycles. The Labute approximate surface area is 54.8 Å². The molecule has 3 heteroatoms. The highest BCUT2D eigenvalue weighted by Crippen LogP contribution is 1.81. The second-order valence-corrected chi connectivity index (χ2v) is 1.69. The van der Waals surface area contributed by atoms with Gasteiger partial charge < -0.3 is 9.47 Å². The zero-order valence-electron chi connectivity index (χ0n) is 5.14. The van der Waals surface area contributed by atoms with Gasteiger partial charge in [-0.05, 0) is 19.1 Å². The van der Waals surface area contributed by atoms with Crippen LogP contribution in [0.25, 0.3) is 0 Å². The van der Waals surface area contributed by atoms with Crippen LogP contribution in [0.1, 0.15) is 6.92 Å². The lowest BCUT2D eigenvalue weighted by Gasteiger charge is -2.00. The number of methoxy groups -OCH3 is 1. The first-order chi connectivity index (χ1) is 3.81. The maximum Gasteiger partial charge on any atom is 0.185 e. The van der Waals surface area contributed by atoms with E-state index in [0.29, 0.717) is 18.3 Å². The van der Waals surface area contributed by atoms with Gasteiger partial charge in [-0.1, -0.05) is 0 Å². The Balaban J connectivity index is 3.06. The van der Waals surface area contributed by atoms with Gasteiger partial charge in [-0.2, -0.15) is 0 Å². The summed E-state index contributed by atoms with van der Waals surface area (Å²) in [4.78, 5) is 0. The van der Waals surface area contributed by atoms with Crippen molar-refractivity contribution in [3.63, 3.8) is 0 Å². The monoisotopic (exact) mass is 134 g/mol. The maximum absolute atomic E-state index is 4.89. The molecule has 0 aromatic heterocycles. The molecular weight excluding hydrogens is 124 g/mol. The van der Waals surface area contributed by atoms with Crippen LogP contribution in [0.3, 0.4) is 0 Å². The normalized spacial score (nSPS) is 8.75. The minimum atomic E-state index is 0.420. The van der Waals surface area contributed by atoms with Crippen LogP contribution in [0.2, 0.25) is 0 Å². The first-order valence-electron chi connectivity index (χ1n) is 2.45. The fourth-order valence-corrected chi connectivity index (χ4v) is 0.556. The third kappa shape index (κ3) is 4.02. The molecule has 0 atom stereocenters. The molecule has 0 rings (SSSR count). The number of hydrogen-bond acceptors (Lipinski definition) is 3. The SMILES string of the molecule is CCOC(=S)COC. The number of thiocarbonyl (C=S) groups is 1. The van der Waals surface area contributed by atoms with E-state index in [-0.39, 0.29) is 0 Å². The summed E-state index contributed by atoms with van der Waals surface area (Å²) in [5, 5.41) is 0.523. The molecule has 0 bridgehead atoms. The van der Waals surface area contributed by atoms with Gasteiger partial charge in [0.15, 0.2) is 5.05 Å². The molecule has 0 saturated heterocycles. The highest BCUT2D eigenvalue weighted by molar-refractivity contribution is 7.80. The van der Waals surface area contributed by atoms with Crippen LogP contribution in [-0.2, 0) is 9.47 Å². The third-order valence-corrected chi connectivity index (χ3v) is 0.803. The predicted molar refractivity (Wildman–Crippen MR) is 36.1 cm³/mol. The van der Waals surface area contributed by atoms with Crippen molar-refractivity contribution in [1.29, 1.82) is 0 Å². The molecule has 0 unspecified atom stereocenters. The Morgan fingerprint density at radius 1 is 1.62 bits per heavy atom. The van der Waals surface area contributed by atoms with E-state index < -0.39 is 0 Å². The van der Waals surface area contributed by atoms with E-state index in [1.165, 1.54) is 0 Å². The van der Waals surface area contributed by atoms with Crippen molar-refractivity contribution in [2.24, 2.45) is 0 Å². The zero-order valence-corrected chi connectivity index (χ0v) is 5.96. The topological polar surface area (TPSA) is 18.5 Å². The van der Waals surface area contributed by atoms with Crippen LogP contribution in [-0.4, -0.2) is 25.4 Å². The van der Waals surface area contributed by atoms with Gasteiger partial charge in [-0.15, -0.1) is 0 Å². The van der Waals surface area contributed by atoms with Crippen LogP contribution in [0.5, 0.6) is 0 Å². The van der Waals surface area contributed by atoms with Gasteiger partial charge >= 0.3 is 0 Å². The molecule has 8 heavy (non-hydrogen) atoms. The number of ether oxygens (including phenoxy) is 2. The van der Waals surface area contributed by atoms with E-state index in [2.05, 4.69) is 4.74 Å². The fraction of sp³-hybridized carbons (Fsp3) is 0.800. The van der Waals surface area contributed by atoms with Crippen LogP contribution < -0.4 is 0 Å². The lowest BCUT2D eigenvalue weighted by Crippen LogP contribution is -2.07. The quantitative estimate of drug-likeness (QED) is 0.536. The Morgan fingerprint density at radius 2 is 2.25 bits per heavy atom. The molecule has 0 aromatic rings. The number of rotatable bonds is 3. The Morgan fingerprint density at radius 3 is 2.62 bits per heavy atom. The van der Waals surface area contributed by atoms with Crippen molar-refractivity contribution < 1.29 is 9.47 Å². The Hall–Kier alpha value is -0.150. The van der Waals surface area contributed by atoms with Gasteiger partial charge in [0.25, 0.3) is 0 Å². The zero-order chi connectivity index (χ0) is 6.41. The second-order valence-electron chi connectivity index (χ2n) is 1.24. The largest absolute Gasteiger partial charge is 0.485 e. The van der Waals surface area contributed by atoms with Crippen LogP contribution in [0, 0.1) is 0 Å². The minimum absolute atomic E-state index is 0.420. The first-order valence-corrected chi connectivity index (χ1v) is 2.86. The third-order valence-electron chi connectivity index (χ3n) is 0.568. The predicted octanol–water partition coefficient (Wildman–Crippen LogP) is 0.997. The summed E-state index contributed by atoms with van der Waals surface area (Å²) < 4.78 is 9.58. The minimum Gasteiger partial charge on any atom is -0.485 e. The summed E-state index contributed by atoms with van der Waals surface area (Å²) in [7, 11) is 1.59. The van der Waals surface area contributed by atoms with E-state index in [1.54, 1.807) is 7.11 Å². The molecule has 0 aliphatic carbocycles. The highest BCUT2D eigenvalue weighted by atomic mass is 32.1. The summed E-state index contributed by atoms with van der Waals surface area (Å²) >= 11 is 4.71. The molecule has 0 aromatic carbocycles. The second kappa shape index (κ2) is 5.00. The van der Waals surface area contributed by atoms with Gasteiger partial charge in [-0.25, -0.2) is 0 Å². The number of hydrogen-bond donors (Lipinski definition) is 0. The Bertz CT molecular complexity index is 64.8. The molecule has 0 amide bonds. The van der Waals surface area contributed by atoms with Crippen molar-refractivity contribution in [3.05, 3.63) is 0 Å². The summed E-state index contributed by atoms with van der Waals surface area (Å²) in [5.41, 5.74) is 0. The van der Waals surface area contributed by atoms with E-state index >= 15 is 0 Å². The molecule has 0 spiro atoms. The molecule has 0 fully saturated rings. The molecule has 0 aliphatic rings. The maximum atomic E-state index is 4.89. The summed E-state index contributed by atoms with van der Waals surface area (Å²) in [6.45, 7) is 2.94. The van der Waals surface area contributed by atoms with Crippen molar-refractivity contribution >= 4 is 17.3 Å². The van der Waals surface area contributed by atoms with Crippen LogP contribution in [0.4, 0.5) is 0 Å². The van der Waals surface area contributed by atoms with Gasteiger partial charge in [-0.3, -0.25) is 0 Å². The van der Waals surface area contributed by atoms with Gasteiger partial charge in [0.05, 0.1) is 6.61 Å². The Kier molecular flexibility index (Phi) is 4.90. The molecule has 48 valence electrons. The summed E-state index contributed by atoms with van der Waals surface area (Å²) in [6, 6.07) is 0. The van der Waals surface area contributed by atoms with E-state index in [4.69, 9.17) is 17.0 Å². The van der Waals surface area contributed by atoms with Gasteiger partial charge in [0.1, 0.15) is 6.61 Å². The van der Waals surface area contributed by atoms with E-state index in [1.807, 2.05) is 6.92 Å². The molecule has 0 saturated carbocycles. The van der Waals surface area contributed by atoms with Crippen molar-refractivity contribution in [2.75, 3.05) is 20.3 Å². The van der Waals surface area contributed by atoms with Crippen molar-refractivity contribution in [2.45, 2.75) is 6.92 Å². The van der Waals surface area contributed by atoms with Crippen molar-refractivity contribution in [3.8, 4) is 0 Å². The van der Waals surface area contributed by atoms with E-state index in [0.717, 1.165) is 0 Å². The lowest BCUT2D eigenvalue weighted by atomic mass is 10.7. The molecule has 0 heterocycles. The summed E-state index contributed by atoms with van der Waals surface area (Å²) in [5.74, 6) is 0. The smallest absolute Gasteiger partial charge is 0.185 e. The lowest BCUT2D eigenvalue weighted by molar-refractivity contribution is 0.213. The van der Waals surface area contributed by atoms with Crippen LogP contribution in [0.15, 0.2) is 0 Å². The van der Waals surface area contributed by atoms with E-state index in [9.17, 15) is 0 Å². The van der Waals surface area contributed by atoms with Crippen molar-refractivity contribution in [1.82, 2.24) is 0 Å². The summed E-state index contributed by atoms with van der Waals surface area (Å²) in [6.07, 6.45) is 0. The van der Waals surface area contributed by atoms with Gasteiger partial charge in [0, 0.05) is 7.11 Å². The van der Waals surface area contributed by atoms with Gasteiger partial charge in [0.2, 0.25) is 0 Å². The average Bonchev–Trinajstić information content (AvgIpc) is 1.68. The standard InChI is InChI=1S/C5H10O2S/c1-3-7-5(8)4-6-2/h3-4H2,1-2H3. The molecule has 0 radical (unpaired) electrons. The highest BCUT2D eigenvalue weighted by Gasteiger charge is 1.90. The average molecular weight is 134 g/mol. The first kappa shape index (κ1) is 7.85. The fourth-order valence-electron chi connectivity index (χ4n) is 0.321.